The molecule has 1 aromatic rings. The highest BCUT2D eigenvalue weighted by atomic mass is 16.4. The fourth-order valence-corrected chi connectivity index (χ4v) is 8.29. The Morgan fingerprint density at radius 3 is 1.69 bits per heavy atom. The third-order valence-corrected chi connectivity index (χ3v) is 12.5. The number of nitrogens with two attached hydrogens (primary N) is 4. The quantitative estimate of drug-likeness (QED) is 0.0122. The van der Waals surface area contributed by atoms with Crippen LogP contribution in [0.2, 0.25) is 0 Å². The first-order valence-electron chi connectivity index (χ1n) is 26.0. The van der Waals surface area contributed by atoms with E-state index in [0.29, 0.717) is 83.6 Å². The Bertz CT molecular complexity index is 2180. The lowest BCUT2D eigenvalue weighted by atomic mass is 9.77. The van der Waals surface area contributed by atoms with Crippen LogP contribution in [0.25, 0.3) is 0 Å². The molecule has 0 aliphatic carbocycles. The van der Waals surface area contributed by atoms with Crippen molar-refractivity contribution in [2.24, 2.45) is 27.9 Å². The Labute approximate surface area is 470 Å². The number of hydrogen-bond donors (Lipinski definition) is 14. The van der Waals surface area contributed by atoms with E-state index in [9.17, 15) is 63.1 Å². The smallest absolute Gasteiger partial charge is 0.475 e. The maximum Gasteiger partial charge on any atom is 0.475 e. The van der Waals surface area contributed by atoms with Crippen LogP contribution < -0.4 is 49.5 Å². The Balaban J connectivity index is 0.00000633. The molecular formula is C48H83BN16O16. The number of benzene rings is 1. The molecule has 2 aliphatic heterocycles. The molecule has 0 radical (unpaired) electrons. The predicted molar refractivity (Wildman–Crippen MR) is 293 cm³/mol. The standard InChI is InChI=1S/C46H77BN16O13.CH2O2.CH4O/c1-58(2)46(51)52-12-3-5-34(56-40(69)6-4-13-59-14-16-60(28-37(48)66)18-20-62(30-39(50)68)21-19-61(17-15-59)29-38(49)67)44(73)54-25-41(70)57-35(11-22-64)45(74)53-24-31-7-9-32(10-8-31)43(72)55-26-42(71)63-27-33(65)23-36(63)47(75)76;2-1-3;1-2/h7-10,22,33-36,65,75-76H,3-6,11-21,23-30H2,1-2H3,(H2,48,66)(H2,49,67)(H2,50,68)(H2,51,52)(H,53,74)(H,54,73)(H,55,72)(H,56,69)(H,57,70);1H,(H,2,3);2H,1H3/t33?,34-,35-,36?;;/m0../s1. The molecule has 81 heavy (non-hydrogen) atoms. The van der Waals surface area contributed by atoms with E-state index >= 15 is 0 Å². The molecule has 2 heterocycles. The summed E-state index contributed by atoms with van der Waals surface area (Å²) in [6.45, 7) is 2.49. The highest BCUT2D eigenvalue weighted by Gasteiger charge is 2.41. The summed E-state index contributed by atoms with van der Waals surface area (Å²) in [5, 5.41) is 55.6. The second kappa shape index (κ2) is 39.9. The number of nitrogens with one attached hydrogen (secondary N) is 5. The Kier molecular flexibility index (Phi) is 35.3. The Hall–Kier alpha value is -7.40. The van der Waals surface area contributed by atoms with Gasteiger partial charge >= 0.3 is 7.12 Å². The van der Waals surface area contributed by atoms with Crippen molar-refractivity contribution in [3.05, 3.63) is 35.4 Å². The number of aliphatic hydroxyl groups excluding tert-OH is 2. The lowest BCUT2D eigenvalue weighted by Gasteiger charge is -2.33. The molecule has 2 aliphatic rings. The van der Waals surface area contributed by atoms with Gasteiger partial charge in [-0.1, -0.05) is 12.1 Å². The van der Waals surface area contributed by atoms with Gasteiger partial charge in [-0.25, -0.2) is 0 Å². The van der Waals surface area contributed by atoms with Gasteiger partial charge < -0.3 is 94.4 Å². The van der Waals surface area contributed by atoms with Gasteiger partial charge in [0.05, 0.1) is 44.8 Å². The lowest BCUT2D eigenvalue weighted by molar-refractivity contribution is -0.132. The number of carbonyl (C=O) groups is 11. The second-order valence-electron chi connectivity index (χ2n) is 18.9. The monoisotopic (exact) mass is 1150 g/mol. The minimum absolute atomic E-state index is 0.000782. The van der Waals surface area contributed by atoms with Gasteiger partial charge in [0.25, 0.3) is 12.4 Å². The van der Waals surface area contributed by atoms with Crippen LogP contribution in [0.1, 0.15) is 54.4 Å². The highest BCUT2D eigenvalue weighted by molar-refractivity contribution is 6.43. The lowest BCUT2D eigenvalue weighted by Crippen LogP contribution is -2.52. The van der Waals surface area contributed by atoms with Crippen molar-refractivity contribution in [2.45, 2.75) is 69.2 Å². The number of amides is 9. The van der Waals surface area contributed by atoms with Gasteiger partial charge in [0, 0.05) is 112 Å². The number of aldehydes is 1. The molecule has 2 fully saturated rings. The van der Waals surface area contributed by atoms with Crippen molar-refractivity contribution in [1.82, 2.24) is 56.0 Å². The van der Waals surface area contributed by atoms with Crippen molar-refractivity contribution >= 4 is 79.0 Å². The van der Waals surface area contributed by atoms with Crippen molar-refractivity contribution < 1.29 is 78.1 Å². The van der Waals surface area contributed by atoms with Crippen molar-refractivity contribution in [3.63, 3.8) is 0 Å². The van der Waals surface area contributed by atoms with Gasteiger partial charge in [0.15, 0.2) is 5.96 Å². The molecule has 0 bridgehead atoms. The molecule has 1 aromatic carbocycles. The number of nitrogens with zero attached hydrogens (tertiary/aromatic N) is 7. The number of carboxylic acid groups (broad SMARTS) is 1. The van der Waals surface area contributed by atoms with Crippen LogP contribution in [-0.2, 0) is 54.5 Å². The molecule has 454 valence electrons. The number of carbonyl (C=O) groups excluding carboxylic acids is 10. The van der Waals surface area contributed by atoms with E-state index in [4.69, 9.17) is 37.9 Å². The zero-order valence-corrected chi connectivity index (χ0v) is 46.3. The molecule has 0 saturated carbocycles. The van der Waals surface area contributed by atoms with Crippen molar-refractivity contribution in [3.8, 4) is 0 Å². The highest BCUT2D eigenvalue weighted by Crippen LogP contribution is 2.19. The minimum Gasteiger partial charge on any atom is -0.483 e. The van der Waals surface area contributed by atoms with Crippen LogP contribution >= 0.6 is 0 Å². The maximum atomic E-state index is 13.6. The van der Waals surface area contributed by atoms with E-state index in [1.54, 1.807) is 19.0 Å². The number of primary amides is 3. The first-order chi connectivity index (χ1) is 38.5. The summed E-state index contributed by atoms with van der Waals surface area (Å²) in [6, 6.07) is 3.51. The van der Waals surface area contributed by atoms with E-state index in [2.05, 4.69) is 36.5 Å². The SMILES string of the molecule is CN(C)C(N)=NCCC[C@H](NC(=O)CCCN1CCN(CC(N)=O)CCN(CC(N)=O)CCN(CC(N)=O)CC1)C(=O)NCC(=O)N[C@@H](CC=O)C(=O)NCc1ccc(C(=O)NCC(=O)N2CC(O)CC2B(O)O)cc1.CO.O=CO. The van der Waals surface area contributed by atoms with Crippen LogP contribution in [0.15, 0.2) is 29.3 Å². The second-order valence-corrected chi connectivity index (χ2v) is 18.9. The third kappa shape index (κ3) is 30.1. The van der Waals surface area contributed by atoms with E-state index in [1.807, 2.05) is 14.7 Å². The van der Waals surface area contributed by atoms with Crippen LogP contribution in [0.4, 0.5) is 0 Å². The van der Waals surface area contributed by atoms with E-state index < -0.39 is 104 Å². The van der Waals surface area contributed by atoms with Crippen LogP contribution in [-0.4, -0.2) is 284 Å². The minimum atomic E-state index is -1.86. The van der Waals surface area contributed by atoms with Gasteiger partial charge in [-0.2, -0.15) is 0 Å². The average molecular weight is 1150 g/mol. The largest absolute Gasteiger partial charge is 0.483 e. The summed E-state index contributed by atoms with van der Waals surface area (Å²) in [5.41, 5.74) is 23.2. The molecule has 4 atom stereocenters. The van der Waals surface area contributed by atoms with Gasteiger partial charge in [0.2, 0.25) is 47.3 Å². The van der Waals surface area contributed by atoms with Gasteiger partial charge in [-0.15, -0.1) is 0 Å². The van der Waals surface area contributed by atoms with Crippen LogP contribution in [0.3, 0.4) is 0 Å². The molecule has 2 saturated heterocycles. The topological polar surface area (TPSA) is 485 Å². The van der Waals surface area contributed by atoms with Crippen molar-refractivity contribution in [1.29, 1.82) is 0 Å². The molecule has 33 heteroatoms. The van der Waals surface area contributed by atoms with Gasteiger partial charge in [-0.3, -0.25) is 67.6 Å². The Morgan fingerprint density at radius 2 is 1.21 bits per heavy atom. The number of aliphatic hydroxyl groups is 2. The zero-order chi connectivity index (χ0) is 61.0. The Morgan fingerprint density at radius 1 is 0.716 bits per heavy atom. The van der Waals surface area contributed by atoms with Gasteiger partial charge in [-0.05, 0) is 49.9 Å². The summed E-state index contributed by atoms with van der Waals surface area (Å²) in [7, 11) is 2.57. The number of β-amino-alcohol motifs (C(OH)–C–C–N with tert-alkyl or cyclic N) is 1. The zero-order valence-electron chi connectivity index (χ0n) is 46.3. The molecule has 2 unspecified atom stereocenters. The predicted octanol–water partition coefficient (Wildman–Crippen LogP) is -8.90. The number of guanidine groups is 1. The summed E-state index contributed by atoms with van der Waals surface area (Å²) in [4.78, 5) is 149. The fourth-order valence-electron chi connectivity index (χ4n) is 8.29. The number of likely N-dealkylation sites (tertiary alicyclic amines) is 1. The van der Waals surface area contributed by atoms with Crippen LogP contribution in [0.5, 0.6) is 0 Å². The molecule has 18 N–H and O–H groups in total. The molecule has 3 rings (SSSR count). The van der Waals surface area contributed by atoms with Crippen LogP contribution in [0, 0.1) is 0 Å². The normalized spacial score (nSPS) is 17.3. The van der Waals surface area contributed by atoms with E-state index in [-0.39, 0.29) is 76.5 Å². The maximum absolute atomic E-state index is 13.6. The summed E-state index contributed by atoms with van der Waals surface area (Å²) in [6.07, 6.45) is -0.132. The summed E-state index contributed by atoms with van der Waals surface area (Å²) >= 11 is 0. The molecule has 9 amide bonds. The summed E-state index contributed by atoms with van der Waals surface area (Å²) < 4.78 is 0. The number of rotatable bonds is 28. The average Bonchev–Trinajstić information content (AvgIpc) is 3.87. The number of hydrogen-bond acceptors (Lipinski definition) is 20. The first-order valence-corrected chi connectivity index (χ1v) is 26.0. The summed E-state index contributed by atoms with van der Waals surface area (Å²) in [5.74, 6) is -6.23. The first kappa shape index (κ1) is 71.6. The van der Waals surface area contributed by atoms with E-state index in [1.165, 1.54) is 24.3 Å². The third-order valence-electron chi connectivity index (χ3n) is 12.5. The van der Waals surface area contributed by atoms with Crippen molar-refractivity contribution in [2.75, 3.05) is 126 Å². The molecule has 0 spiro atoms. The van der Waals surface area contributed by atoms with E-state index in [0.717, 1.165) is 12.0 Å². The molecule has 32 nitrogen and oxygen atoms in total. The fraction of sp³-hybridized carbons (Fsp3) is 0.625. The molecular weight excluding hydrogens is 1070 g/mol. The van der Waals surface area contributed by atoms with Gasteiger partial charge in [0.1, 0.15) is 18.4 Å². The molecule has 0 aromatic heterocycles. The number of aliphatic imine (C=N–C) groups is 1.